The van der Waals surface area contributed by atoms with Gasteiger partial charge in [0.05, 0.1) is 5.69 Å². The van der Waals surface area contributed by atoms with Crippen molar-refractivity contribution in [3.63, 3.8) is 0 Å². The van der Waals surface area contributed by atoms with Crippen LogP contribution >= 0.6 is 0 Å². The number of nitrogens with one attached hydrogen (secondary N) is 1. The van der Waals surface area contributed by atoms with Gasteiger partial charge in [0.25, 0.3) is 0 Å². The van der Waals surface area contributed by atoms with Crippen LogP contribution < -0.4 is 19.7 Å². The Balaban J connectivity index is 1.22. The van der Waals surface area contributed by atoms with E-state index in [0.29, 0.717) is 19.1 Å². The standard InChI is InChI=1S/C23H28N6O2/c1-28-16-19(22(27-28)18-5-6-20-21(12-18)31-11-10-30-20)14-24-13-17-4-2-9-29(15-17)23-25-7-3-8-26-23/h3,5-8,12,16-17,24H,2,4,9-11,13-15H2,1H3. The Morgan fingerprint density at radius 1 is 1.13 bits per heavy atom. The van der Waals surface area contributed by atoms with Crippen LogP contribution in [0.4, 0.5) is 5.95 Å². The predicted molar refractivity (Wildman–Crippen MR) is 118 cm³/mol. The third-order valence-electron chi connectivity index (χ3n) is 5.82. The minimum atomic E-state index is 0.576. The van der Waals surface area contributed by atoms with Crippen molar-refractivity contribution in [2.45, 2.75) is 19.4 Å². The van der Waals surface area contributed by atoms with E-state index in [4.69, 9.17) is 14.6 Å². The number of anilines is 1. The van der Waals surface area contributed by atoms with Gasteiger partial charge in [-0.05, 0) is 49.6 Å². The van der Waals surface area contributed by atoms with Crippen LogP contribution in [0, 0.1) is 5.92 Å². The number of rotatable bonds is 6. The predicted octanol–water partition coefficient (Wildman–Crippen LogP) is 2.65. The second-order valence-corrected chi connectivity index (χ2v) is 8.17. The van der Waals surface area contributed by atoms with Gasteiger partial charge in [0.15, 0.2) is 11.5 Å². The lowest BCUT2D eigenvalue weighted by atomic mass is 9.98. The summed E-state index contributed by atoms with van der Waals surface area (Å²) in [6, 6.07) is 7.91. The molecule has 2 aromatic heterocycles. The molecule has 1 N–H and O–H groups in total. The monoisotopic (exact) mass is 420 g/mol. The number of ether oxygens (including phenoxy) is 2. The molecule has 31 heavy (non-hydrogen) atoms. The van der Waals surface area contributed by atoms with E-state index in [1.54, 1.807) is 0 Å². The normalized spacial score (nSPS) is 18.2. The van der Waals surface area contributed by atoms with Crippen molar-refractivity contribution in [2.24, 2.45) is 13.0 Å². The summed E-state index contributed by atoms with van der Waals surface area (Å²) in [5.41, 5.74) is 3.21. The van der Waals surface area contributed by atoms with Gasteiger partial charge in [-0.2, -0.15) is 5.10 Å². The molecule has 2 aliphatic rings. The molecule has 1 atom stereocenters. The number of aromatic nitrogens is 4. The molecule has 5 rings (SSSR count). The third-order valence-corrected chi connectivity index (χ3v) is 5.82. The molecule has 0 aliphatic carbocycles. The maximum Gasteiger partial charge on any atom is 0.225 e. The maximum atomic E-state index is 5.75. The number of fused-ring (bicyclic) bond motifs is 1. The molecule has 0 amide bonds. The molecule has 1 aromatic carbocycles. The van der Waals surface area contributed by atoms with Gasteiger partial charge in [0, 0.05) is 56.4 Å². The lowest BCUT2D eigenvalue weighted by molar-refractivity contribution is 0.171. The third kappa shape index (κ3) is 4.49. The number of nitrogens with zero attached hydrogens (tertiary/aromatic N) is 5. The van der Waals surface area contributed by atoms with Crippen molar-refractivity contribution < 1.29 is 9.47 Å². The lowest BCUT2D eigenvalue weighted by Crippen LogP contribution is -2.40. The quantitative estimate of drug-likeness (QED) is 0.657. The van der Waals surface area contributed by atoms with Gasteiger partial charge in [0.1, 0.15) is 13.2 Å². The SMILES string of the molecule is Cn1cc(CNCC2CCCN(c3ncccn3)C2)c(-c2ccc3c(c2)OCCO3)n1. The fourth-order valence-electron chi connectivity index (χ4n) is 4.38. The Bertz CT molecular complexity index is 1020. The van der Waals surface area contributed by atoms with Crippen molar-refractivity contribution in [1.82, 2.24) is 25.1 Å². The van der Waals surface area contributed by atoms with E-state index >= 15 is 0 Å². The number of benzene rings is 1. The molecule has 8 nitrogen and oxygen atoms in total. The second kappa shape index (κ2) is 8.93. The number of hydrogen-bond donors (Lipinski definition) is 1. The number of hydrogen-bond acceptors (Lipinski definition) is 7. The van der Waals surface area contributed by atoms with Gasteiger partial charge < -0.3 is 19.7 Å². The maximum absolute atomic E-state index is 5.75. The fraction of sp³-hybridized carbons (Fsp3) is 0.435. The molecule has 1 unspecified atom stereocenters. The molecular formula is C23H28N6O2. The minimum Gasteiger partial charge on any atom is -0.486 e. The Kier molecular flexibility index (Phi) is 5.71. The molecule has 0 saturated carbocycles. The van der Waals surface area contributed by atoms with Crippen molar-refractivity contribution in [3.05, 3.63) is 48.4 Å². The second-order valence-electron chi connectivity index (χ2n) is 8.17. The summed E-state index contributed by atoms with van der Waals surface area (Å²) in [4.78, 5) is 11.1. The highest BCUT2D eigenvalue weighted by Gasteiger charge is 2.22. The van der Waals surface area contributed by atoms with Crippen LogP contribution in [0.15, 0.2) is 42.9 Å². The van der Waals surface area contributed by atoms with Crippen LogP contribution in [0.25, 0.3) is 11.3 Å². The summed E-state index contributed by atoms with van der Waals surface area (Å²) in [6.45, 7) is 4.92. The van der Waals surface area contributed by atoms with E-state index < -0.39 is 0 Å². The molecule has 162 valence electrons. The first-order valence-electron chi connectivity index (χ1n) is 10.9. The zero-order chi connectivity index (χ0) is 21.0. The molecule has 4 heterocycles. The van der Waals surface area contributed by atoms with Gasteiger partial charge in [0.2, 0.25) is 5.95 Å². The first kappa shape index (κ1) is 19.8. The highest BCUT2D eigenvalue weighted by molar-refractivity contribution is 5.66. The zero-order valence-electron chi connectivity index (χ0n) is 17.8. The van der Waals surface area contributed by atoms with E-state index in [1.165, 1.54) is 18.4 Å². The topological polar surface area (TPSA) is 77.3 Å². The summed E-state index contributed by atoms with van der Waals surface area (Å²) in [6.07, 6.45) is 8.10. The van der Waals surface area contributed by atoms with Gasteiger partial charge in [-0.3, -0.25) is 4.68 Å². The van der Waals surface area contributed by atoms with Crippen molar-refractivity contribution in [1.29, 1.82) is 0 Å². The molecule has 0 bridgehead atoms. The highest BCUT2D eigenvalue weighted by atomic mass is 16.6. The molecule has 8 heteroatoms. The van der Waals surface area contributed by atoms with Crippen LogP contribution in [-0.4, -0.2) is 52.6 Å². The van der Waals surface area contributed by atoms with Crippen molar-refractivity contribution in [3.8, 4) is 22.8 Å². The van der Waals surface area contributed by atoms with Gasteiger partial charge in [-0.1, -0.05) is 0 Å². The van der Waals surface area contributed by atoms with E-state index in [2.05, 4.69) is 32.4 Å². The average molecular weight is 421 g/mol. The van der Waals surface area contributed by atoms with Gasteiger partial charge >= 0.3 is 0 Å². The number of piperidine rings is 1. The summed E-state index contributed by atoms with van der Waals surface area (Å²) >= 11 is 0. The largest absolute Gasteiger partial charge is 0.486 e. The summed E-state index contributed by atoms with van der Waals surface area (Å²) < 4.78 is 13.3. The summed E-state index contributed by atoms with van der Waals surface area (Å²) in [5.74, 6) is 3.00. The van der Waals surface area contributed by atoms with Crippen molar-refractivity contribution in [2.75, 3.05) is 37.7 Å². The van der Waals surface area contributed by atoms with Crippen LogP contribution in [0.5, 0.6) is 11.5 Å². The lowest BCUT2D eigenvalue weighted by Gasteiger charge is -2.32. The fourth-order valence-corrected chi connectivity index (χ4v) is 4.38. The summed E-state index contributed by atoms with van der Waals surface area (Å²) in [5, 5.41) is 8.35. The van der Waals surface area contributed by atoms with Crippen LogP contribution in [-0.2, 0) is 13.6 Å². The Morgan fingerprint density at radius 3 is 2.84 bits per heavy atom. The molecule has 3 aromatic rings. The van der Waals surface area contributed by atoms with E-state index in [0.717, 1.165) is 54.9 Å². The molecule has 1 fully saturated rings. The summed E-state index contributed by atoms with van der Waals surface area (Å²) in [7, 11) is 1.96. The van der Waals surface area contributed by atoms with Crippen molar-refractivity contribution >= 4 is 5.95 Å². The highest BCUT2D eigenvalue weighted by Crippen LogP contribution is 2.35. The minimum absolute atomic E-state index is 0.576. The van der Waals surface area contributed by atoms with Crippen LogP contribution in [0.1, 0.15) is 18.4 Å². The smallest absolute Gasteiger partial charge is 0.225 e. The van der Waals surface area contributed by atoms with Crippen LogP contribution in [0.3, 0.4) is 0 Å². The Hall–Kier alpha value is -3.13. The van der Waals surface area contributed by atoms with Gasteiger partial charge in [-0.15, -0.1) is 0 Å². The van der Waals surface area contributed by atoms with E-state index in [-0.39, 0.29) is 0 Å². The molecular weight excluding hydrogens is 392 g/mol. The van der Waals surface area contributed by atoms with Gasteiger partial charge in [-0.25, -0.2) is 9.97 Å². The van der Waals surface area contributed by atoms with E-state index in [9.17, 15) is 0 Å². The zero-order valence-corrected chi connectivity index (χ0v) is 17.8. The average Bonchev–Trinajstić information content (AvgIpc) is 3.20. The first-order valence-corrected chi connectivity index (χ1v) is 10.9. The molecule has 1 saturated heterocycles. The first-order chi connectivity index (χ1) is 15.3. The Morgan fingerprint density at radius 2 is 1.97 bits per heavy atom. The van der Waals surface area contributed by atoms with E-state index in [1.807, 2.05) is 42.3 Å². The number of aryl methyl sites for hydroxylation is 1. The molecule has 2 aliphatic heterocycles. The molecule has 0 spiro atoms. The Labute approximate surface area is 182 Å². The molecule has 0 radical (unpaired) electrons. The van der Waals surface area contributed by atoms with Crippen LogP contribution in [0.2, 0.25) is 0 Å².